The van der Waals surface area contributed by atoms with E-state index in [1.807, 2.05) is 59.1 Å². The minimum absolute atomic E-state index is 0.0791. The summed E-state index contributed by atoms with van der Waals surface area (Å²) in [5, 5.41) is 3.06. The first kappa shape index (κ1) is 23.3. The Hall–Kier alpha value is -3.45. The molecule has 1 saturated carbocycles. The predicted octanol–water partition coefficient (Wildman–Crippen LogP) is 4.08. The highest BCUT2D eigenvalue weighted by molar-refractivity contribution is 5.94. The summed E-state index contributed by atoms with van der Waals surface area (Å²) in [5.74, 6) is -0.0791. The van der Waals surface area contributed by atoms with Gasteiger partial charge in [-0.2, -0.15) is 0 Å². The summed E-state index contributed by atoms with van der Waals surface area (Å²) >= 11 is 0. The molecule has 1 aliphatic rings. The number of rotatable bonds is 8. The molecule has 0 saturated heterocycles. The zero-order chi connectivity index (χ0) is 24.2. The van der Waals surface area contributed by atoms with E-state index in [9.17, 15) is 9.59 Å². The van der Waals surface area contributed by atoms with Crippen molar-refractivity contribution in [1.82, 2.24) is 24.2 Å². The molecule has 0 spiro atoms. The van der Waals surface area contributed by atoms with Crippen LogP contribution in [-0.2, 0) is 6.54 Å². The van der Waals surface area contributed by atoms with Crippen LogP contribution >= 0.6 is 0 Å². The molecule has 35 heavy (non-hydrogen) atoms. The summed E-state index contributed by atoms with van der Waals surface area (Å²) < 4.78 is 3.56. The van der Waals surface area contributed by atoms with Crippen molar-refractivity contribution in [1.29, 1.82) is 0 Å². The first-order valence-corrected chi connectivity index (χ1v) is 12.6. The minimum atomic E-state index is -0.0989. The first-order chi connectivity index (χ1) is 17.1. The molecule has 0 atom stereocenters. The highest BCUT2D eigenvalue weighted by atomic mass is 16.1. The molecule has 0 aliphatic heterocycles. The lowest BCUT2D eigenvalue weighted by molar-refractivity contribution is 0.0950. The van der Waals surface area contributed by atoms with Gasteiger partial charge in [0.05, 0.1) is 12.1 Å². The second-order valence-electron chi connectivity index (χ2n) is 9.58. The molecule has 7 heteroatoms. The van der Waals surface area contributed by atoms with Crippen LogP contribution in [0, 0.1) is 0 Å². The van der Waals surface area contributed by atoms with Crippen molar-refractivity contribution in [2.45, 2.75) is 51.1 Å². The van der Waals surface area contributed by atoms with Gasteiger partial charge in [-0.1, -0.05) is 31.4 Å². The van der Waals surface area contributed by atoms with E-state index in [1.165, 1.54) is 32.1 Å². The molecular formula is C28H33N5O2. The molecular weight excluding hydrogens is 438 g/mol. The van der Waals surface area contributed by atoms with E-state index in [2.05, 4.69) is 22.2 Å². The lowest BCUT2D eigenvalue weighted by Gasteiger charge is -2.31. The molecule has 1 aliphatic carbocycles. The Kier molecular flexibility index (Phi) is 6.95. The van der Waals surface area contributed by atoms with Crippen LogP contribution in [0.15, 0.2) is 65.7 Å². The number of carbonyl (C=O) groups is 1. The molecule has 1 N–H and O–H groups in total. The molecule has 182 valence electrons. The Labute approximate surface area is 205 Å². The average Bonchev–Trinajstić information content (AvgIpc) is 3.40. The van der Waals surface area contributed by atoms with Gasteiger partial charge in [-0.3, -0.25) is 14.2 Å². The van der Waals surface area contributed by atoms with Crippen LogP contribution in [0.25, 0.3) is 16.7 Å². The first-order valence-electron chi connectivity index (χ1n) is 12.6. The highest BCUT2D eigenvalue weighted by Gasteiger charge is 2.17. The molecule has 0 bridgehead atoms. The van der Waals surface area contributed by atoms with E-state index >= 15 is 0 Å². The molecule has 3 heterocycles. The van der Waals surface area contributed by atoms with Crippen LogP contribution in [0.2, 0.25) is 0 Å². The number of amides is 1. The summed E-state index contributed by atoms with van der Waals surface area (Å²) in [6.45, 7) is 2.00. The molecule has 3 aromatic heterocycles. The van der Waals surface area contributed by atoms with E-state index in [4.69, 9.17) is 0 Å². The maximum Gasteiger partial charge on any atom is 0.276 e. The van der Waals surface area contributed by atoms with Gasteiger partial charge in [0.1, 0.15) is 5.52 Å². The predicted molar refractivity (Wildman–Crippen MR) is 139 cm³/mol. The Morgan fingerprint density at radius 3 is 2.77 bits per heavy atom. The average molecular weight is 472 g/mol. The third-order valence-corrected chi connectivity index (χ3v) is 7.20. The molecule has 4 aromatic rings. The van der Waals surface area contributed by atoms with Crippen LogP contribution in [-0.4, -0.2) is 50.9 Å². The van der Waals surface area contributed by atoms with Crippen molar-refractivity contribution in [2.24, 2.45) is 0 Å². The van der Waals surface area contributed by atoms with Gasteiger partial charge in [0.25, 0.3) is 11.5 Å². The van der Waals surface area contributed by atoms with Gasteiger partial charge < -0.3 is 14.6 Å². The third-order valence-electron chi connectivity index (χ3n) is 7.20. The van der Waals surface area contributed by atoms with Crippen LogP contribution in [0.3, 0.4) is 0 Å². The van der Waals surface area contributed by atoms with E-state index in [0.717, 1.165) is 24.0 Å². The normalized spacial score (nSPS) is 14.7. The van der Waals surface area contributed by atoms with E-state index in [1.54, 1.807) is 10.8 Å². The maximum atomic E-state index is 13.2. The largest absolute Gasteiger partial charge is 0.352 e. The van der Waals surface area contributed by atoms with Crippen LogP contribution in [0.4, 0.5) is 0 Å². The fraction of sp³-hybridized carbons (Fsp3) is 0.393. The van der Waals surface area contributed by atoms with Gasteiger partial charge in [0.2, 0.25) is 0 Å². The van der Waals surface area contributed by atoms with Gasteiger partial charge in [-0.25, -0.2) is 4.98 Å². The second kappa shape index (κ2) is 10.4. The molecule has 0 unspecified atom stereocenters. The fourth-order valence-electron chi connectivity index (χ4n) is 5.26. The highest BCUT2D eigenvalue weighted by Crippen LogP contribution is 2.21. The van der Waals surface area contributed by atoms with Crippen molar-refractivity contribution >= 4 is 22.6 Å². The number of hydrogen-bond acceptors (Lipinski definition) is 4. The van der Waals surface area contributed by atoms with Crippen molar-refractivity contribution < 1.29 is 4.79 Å². The van der Waals surface area contributed by atoms with Crippen molar-refractivity contribution in [2.75, 3.05) is 20.1 Å². The van der Waals surface area contributed by atoms with Gasteiger partial charge in [0, 0.05) is 30.5 Å². The van der Waals surface area contributed by atoms with Crippen LogP contribution < -0.4 is 10.9 Å². The number of nitrogens with zero attached hydrogens (tertiary/aromatic N) is 4. The number of nitrogens with one attached hydrogen (secondary N) is 1. The topological polar surface area (TPSA) is 71.6 Å². The number of hydrogen-bond donors (Lipinski definition) is 1. The van der Waals surface area contributed by atoms with Crippen LogP contribution in [0.5, 0.6) is 0 Å². The molecule has 7 nitrogen and oxygen atoms in total. The van der Waals surface area contributed by atoms with Crippen molar-refractivity contribution in [3.8, 4) is 0 Å². The summed E-state index contributed by atoms with van der Waals surface area (Å²) in [4.78, 5) is 32.9. The van der Waals surface area contributed by atoms with Crippen molar-refractivity contribution in [3.63, 3.8) is 0 Å². The number of benzene rings is 1. The summed E-state index contributed by atoms with van der Waals surface area (Å²) in [5.41, 5.74) is 3.50. The van der Waals surface area contributed by atoms with Gasteiger partial charge in [-0.15, -0.1) is 0 Å². The van der Waals surface area contributed by atoms with Crippen LogP contribution in [0.1, 0.15) is 54.4 Å². The summed E-state index contributed by atoms with van der Waals surface area (Å²) in [7, 11) is 2.20. The maximum absolute atomic E-state index is 13.2. The van der Waals surface area contributed by atoms with Crippen molar-refractivity contribution in [3.05, 3.63) is 82.4 Å². The molecule has 1 fully saturated rings. The second-order valence-corrected chi connectivity index (χ2v) is 9.58. The summed E-state index contributed by atoms with van der Waals surface area (Å²) in [6.07, 6.45) is 11.1. The molecule has 0 radical (unpaired) electrons. The Bertz CT molecular complexity index is 1380. The third kappa shape index (κ3) is 5.00. The Morgan fingerprint density at radius 1 is 1.09 bits per heavy atom. The van der Waals surface area contributed by atoms with E-state index in [-0.39, 0.29) is 11.5 Å². The van der Waals surface area contributed by atoms with Gasteiger partial charge in [-0.05, 0) is 74.8 Å². The monoisotopic (exact) mass is 471 g/mol. The minimum Gasteiger partial charge on any atom is -0.352 e. The zero-order valence-electron chi connectivity index (χ0n) is 20.3. The number of carbonyl (C=O) groups excluding carboxylic acids is 1. The fourth-order valence-corrected chi connectivity index (χ4v) is 5.26. The zero-order valence-corrected chi connectivity index (χ0v) is 20.3. The van der Waals surface area contributed by atoms with E-state index in [0.29, 0.717) is 35.9 Å². The molecule has 1 aromatic carbocycles. The lowest BCUT2D eigenvalue weighted by Crippen LogP contribution is -2.35. The quantitative estimate of drug-likeness (QED) is 0.393. The SMILES string of the molecule is CN(CCCNC(=O)c1cccc(Cn2c(=O)c3cccn3c3cccnc32)c1)C1CCCCC1. The number of pyridine rings is 1. The summed E-state index contributed by atoms with van der Waals surface area (Å²) in [6, 6.07) is 15.7. The van der Waals surface area contributed by atoms with E-state index < -0.39 is 0 Å². The Morgan fingerprint density at radius 2 is 1.91 bits per heavy atom. The lowest BCUT2D eigenvalue weighted by atomic mass is 9.94. The standard InChI is InChI=1S/C28H33N5O2/c1-31(23-11-3-2-4-12-23)17-8-16-30-27(34)22-10-5-9-21(19-22)20-33-26-24(13-6-15-29-26)32-18-7-14-25(32)28(33)35/h5-7,9-10,13-15,18-19,23H,2-4,8,11-12,16-17,20H2,1H3,(H,30,34). The van der Waals surface area contributed by atoms with Gasteiger partial charge in [0.15, 0.2) is 5.65 Å². The Balaban J connectivity index is 1.25. The number of aromatic nitrogens is 3. The molecule has 5 rings (SSSR count). The van der Waals surface area contributed by atoms with Gasteiger partial charge >= 0.3 is 0 Å². The molecule has 1 amide bonds. The number of fused-ring (bicyclic) bond motifs is 3. The smallest absolute Gasteiger partial charge is 0.276 e.